The number of benzene rings is 1. The van der Waals surface area contributed by atoms with E-state index >= 15 is 0 Å². The van der Waals surface area contributed by atoms with Crippen LogP contribution in [0.4, 0.5) is 5.69 Å². The van der Waals surface area contributed by atoms with Crippen molar-refractivity contribution in [2.45, 2.75) is 45.9 Å². The van der Waals surface area contributed by atoms with Gasteiger partial charge >= 0.3 is 0 Å². The lowest BCUT2D eigenvalue weighted by Crippen LogP contribution is -3.19. The third-order valence-corrected chi connectivity index (χ3v) is 4.13. The molecule has 1 amide bonds. The van der Waals surface area contributed by atoms with Gasteiger partial charge in [-0.25, -0.2) is 0 Å². The van der Waals surface area contributed by atoms with Gasteiger partial charge in [0.15, 0.2) is 11.8 Å². The fourth-order valence-corrected chi connectivity index (χ4v) is 2.89. The van der Waals surface area contributed by atoms with Gasteiger partial charge in [0, 0.05) is 11.3 Å². The van der Waals surface area contributed by atoms with E-state index in [1.54, 1.807) is 24.3 Å². The highest BCUT2D eigenvalue weighted by Gasteiger charge is 2.32. The number of amides is 1. The minimum atomic E-state index is -0.138. The average Bonchev–Trinajstić information content (AvgIpc) is 2.46. The summed E-state index contributed by atoms with van der Waals surface area (Å²) in [6.07, 6.45) is 0.340. The average molecular weight is 305 g/mol. The number of rotatable bonds is 4. The molecule has 1 heterocycles. The molecule has 0 bridgehead atoms. The van der Waals surface area contributed by atoms with E-state index in [0.717, 1.165) is 18.8 Å². The molecular formula is C17H25N2O3+. The first-order chi connectivity index (χ1) is 10.4. The first-order valence-corrected chi connectivity index (χ1v) is 7.78. The largest absolute Gasteiger partial charge is 0.364 e. The summed E-state index contributed by atoms with van der Waals surface area (Å²) >= 11 is 0. The molecule has 1 aliphatic rings. The Morgan fingerprint density at radius 3 is 2.23 bits per heavy atom. The topological polar surface area (TPSA) is 59.8 Å². The third kappa shape index (κ3) is 4.15. The monoisotopic (exact) mass is 305 g/mol. The van der Waals surface area contributed by atoms with Crippen LogP contribution < -0.4 is 10.2 Å². The van der Waals surface area contributed by atoms with Gasteiger partial charge in [-0.1, -0.05) is 0 Å². The van der Waals surface area contributed by atoms with Crippen LogP contribution in [0.15, 0.2) is 24.3 Å². The van der Waals surface area contributed by atoms with Crippen molar-refractivity contribution in [3.8, 4) is 0 Å². The summed E-state index contributed by atoms with van der Waals surface area (Å²) < 4.78 is 5.72. The lowest BCUT2D eigenvalue weighted by atomic mass is 10.1. The van der Waals surface area contributed by atoms with Crippen molar-refractivity contribution in [1.82, 2.24) is 0 Å². The number of Topliss-reactive ketones (excluding diaryl/α,β-unsaturated/α-hetero) is 1. The first-order valence-electron chi connectivity index (χ1n) is 7.78. The number of nitrogens with one attached hydrogen (secondary N) is 2. The van der Waals surface area contributed by atoms with Gasteiger partial charge in [-0.15, -0.1) is 0 Å². The molecule has 2 rings (SSSR count). The molecular weight excluding hydrogens is 280 g/mol. The quantitative estimate of drug-likeness (QED) is 0.813. The fraction of sp³-hybridized carbons (Fsp3) is 0.529. The summed E-state index contributed by atoms with van der Waals surface area (Å²) in [4.78, 5) is 24.9. The molecule has 22 heavy (non-hydrogen) atoms. The lowest BCUT2D eigenvalue weighted by Gasteiger charge is -2.35. The van der Waals surface area contributed by atoms with Crippen LogP contribution in [0.2, 0.25) is 0 Å². The fourth-order valence-electron chi connectivity index (χ4n) is 2.89. The summed E-state index contributed by atoms with van der Waals surface area (Å²) in [5.74, 6) is 0.0128. The van der Waals surface area contributed by atoms with Crippen molar-refractivity contribution in [3.05, 3.63) is 29.8 Å². The van der Waals surface area contributed by atoms with Gasteiger partial charge < -0.3 is 15.0 Å². The number of ether oxygens (including phenoxy) is 1. The zero-order chi connectivity index (χ0) is 16.3. The van der Waals surface area contributed by atoms with Gasteiger partial charge in [-0.2, -0.15) is 0 Å². The maximum Gasteiger partial charge on any atom is 0.282 e. The predicted molar refractivity (Wildman–Crippen MR) is 85.2 cm³/mol. The zero-order valence-corrected chi connectivity index (χ0v) is 13.7. The van der Waals surface area contributed by atoms with Gasteiger partial charge in [-0.05, 0) is 52.0 Å². The molecule has 1 aromatic rings. The van der Waals surface area contributed by atoms with Gasteiger partial charge in [-0.3, -0.25) is 9.59 Å². The predicted octanol–water partition coefficient (Wildman–Crippen LogP) is 0.908. The number of quaternary nitrogens is 1. The van der Waals surface area contributed by atoms with E-state index in [2.05, 4.69) is 5.32 Å². The molecule has 120 valence electrons. The maximum absolute atomic E-state index is 12.4. The minimum absolute atomic E-state index is 0.00752. The van der Waals surface area contributed by atoms with Gasteiger partial charge in [0.2, 0.25) is 0 Å². The maximum atomic E-state index is 12.4. The van der Waals surface area contributed by atoms with Crippen LogP contribution in [0.5, 0.6) is 0 Å². The van der Waals surface area contributed by atoms with E-state index in [9.17, 15) is 9.59 Å². The first kappa shape index (κ1) is 16.6. The molecule has 1 fully saturated rings. The summed E-state index contributed by atoms with van der Waals surface area (Å²) in [6, 6.07) is 6.85. The van der Waals surface area contributed by atoms with E-state index < -0.39 is 0 Å². The Labute approximate surface area is 131 Å². The molecule has 0 saturated carbocycles. The second-order valence-electron chi connectivity index (χ2n) is 6.17. The summed E-state index contributed by atoms with van der Waals surface area (Å²) in [5.41, 5.74) is 1.36. The van der Waals surface area contributed by atoms with Crippen LogP contribution in [0.3, 0.4) is 0 Å². The molecule has 0 aromatic heterocycles. The van der Waals surface area contributed by atoms with Crippen molar-refractivity contribution in [2.75, 3.05) is 18.4 Å². The smallest absolute Gasteiger partial charge is 0.282 e. The van der Waals surface area contributed by atoms with Crippen molar-refractivity contribution in [1.29, 1.82) is 0 Å². The van der Waals surface area contributed by atoms with Crippen LogP contribution in [-0.2, 0) is 9.53 Å². The Morgan fingerprint density at radius 1 is 1.18 bits per heavy atom. The SMILES string of the molecule is CC(=O)c1ccc(NC(=O)[C@H](C)[NH+]2C[C@@H](C)O[C@H](C)C2)cc1. The lowest BCUT2D eigenvalue weighted by molar-refractivity contribution is -0.928. The summed E-state index contributed by atoms with van der Waals surface area (Å²) in [6.45, 7) is 9.23. The number of hydrogen-bond acceptors (Lipinski definition) is 3. The van der Waals surface area contributed by atoms with E-state index in [1.165, 1.54) is 11.8 Å². The van der Waals surface area contributed by atoms with Crippen molar-refractivity contribution in [2.24, 2.45) is 0 Å². The molecule has 1 aromatic carbocycles. The second-order valence-corrected chi connectivity index (χ2v) is 6.17. The minimum Gasteiger partial charge on any atom is -0.364 e. The summed E-state index contributed by atoms with van der Waals surface area (Å²) in [7, 11) is 0. The van der Waals surface area contributed by atoms with Crippen LogP contribution in [0, 0.1) is 0 Å². The Hall–Kier alpha value is -1.72. The molecule has 0 spiro atoms. The molecule has 1 saturated heterocycles. The number of morpholine rings is 1. The van der Waals surface area contributed by atoms with E-state index in [4.69, 9.17) is 4.74 Å². The van der Waals surface area contributed by atoms with Crippen molar-refractivity contribution >= 4 is 17.4 Å². The Kier molecular flexibility index (Phi) is 5.32. The number of hydrogen-bond donors (Lipinski definition) is 2. The third-order valence-electron chi connectivity index (χ3n) is 4.13. The molecule has 5 heteroatoms. The molecule has 2 N–H and O–H groups in total. The Bertz CT molecular complexity index is 531. The van der Waals surface area contributed by atoms with Crippen LogP contribution in [-0.4, -0.2) is 43.0 Å². The van der Waals surface area contributed by atoms with Crippen molar-refractivity contribution in [3.63, 3.8) is 0 Å². The van der Waals surface area contributed by atoms with E-state index in [0.29, 0.717) is 5.56 Å². The number of ketones is 1. The van der Waals surface area contributed by atoms with Gasteiger partial charge in [0.1, 0.15) is 25.3 Å². The number of carbonyl (C=O) groups excluding carboxylic acids is 2. The Balaban J connectivity index is 1.97. The molecule has 0 aliphatic carbocycles. The molecule has 3 atom stereocenters. The highest BCUT2D eigenvalue weighted by atomic mass is 16.5. The van der Waals surface area contributed by atoms with Crippen LogP contribution >= 0.6 is 0 Å². The molecule has 0 radical (unpaired) electrons. The van der Waals surface area contributed by atoms with E-state index in [1.807, 2.05) is 20.8 Å². The highest BCUT2D eigenvalue weighted by molar-refractivity contribution is 5.96. The van der Waals surface area contributed by atoms with Gasteiger partial charge in [0.25, 0.3) is 5.91 Å². The van der Waals surface area contributed by atoms with Crippen LogP contribution in [0.1, 0.15) is 38.1 Å². The normalized spacial score (nSPS) is 26.3. The van der Waals surface area contributed by atoms with Crippen LogP contribution in [0.25, 0.3) is 0 Å². The molecule has 1 aliphatic heterocycles. The Morgan fingerprint density at radius 2 is 1.73 bits per heavy atom. The van der Waals surface area contributed by atoms with Crippen molar-refractivity contribution < 1.29 is 19.2 Å². The zero-order valence-electron chi connectivity index (χ0n) is 13.7. The van der Waals surface area contributed by atoms with E-state index in [-0.39, 0.29) is 29.9 Å². The van der Waals surface area contributed by atoms with Gasteiger partial charge in [0.05, 0.1) is 0 Å². The molecule has 0 unspecified atom stereocenters. The standard InChI is InChI=1S/C17H24N2O3/c1-11-9-19(10-12(2)22-11)13(3)17(21)18-16-7-5-15(6-8-16)14(4)20/h5-8,11-13H,9-10H2,1-4H3,(H,18,21)/p+1/t11-,12-,13+/m1/s1. The molecule has 5 nitrogen and oxygen atoms in total. The summed E-state index contributed by atoms with van der Waals surface area (Å²) in [5, 5.41) is 2.92. The second kappa shape index (κ2) is 7.03. The highest BCUT2D eigenvalue weighted by Crippen LogP contribution is 2.10. The number of anilines is 1. The number of carbonyl (C=O) groups is 2.